The number of hydrogen-bond acceptors (Lipinski definition) is 3. The molecule has 1 aliphatic heterocycles. The molecular formula is C16H17F6NO2. The van der Waals surface area contributed by atoms with Crippen LogP contribution in [0.1, 0.15) is 36.8 Å². The molecule has 1 saturated heterocycles. The van der Waals surface area contributed by atoms with Gasteiger partial charge in [-0.2, -0.15) is 26.3 Å². The SMILES string of the molecule is O=C(CCCOc1cc(C(F)(F)F)cc(C(F)(F)F)c1)[C@H]1CCCN1. The molecule has 3 nitrogen and oxygen atoms in total. The molecule has 1 aromatic carbocycles. The number of carbonyl (C=O) groups excluding carboxylic acids is 1. The van der Waals surface area contributed by atoms with Crippen LogP contribution in [0, 0.1) is 0 Å². The Hall–Kier alpha value is -1.77. The van der Waals surface area contributed by atoms with Gasteiger partial charge in [-0.1, -0.05) is 0 Å². The summed E-state index contributed by atoms with van der Waals surface area (Å²) in [6.45, 7) is 0.619. The number of rotatable bonds is 6. The van der Waals surface area contributed by atoms with Gasteiger partial charge < -0.3 is 10.1 Å². The normalized spacial score (nSPS) is 18.4. The fourth-order valence-corrected chi connectivity index (χ4v) is 2.58. The quantitative estimate of drug-likeness (QED) is 0.603. The van der Waals surface area contributed by atoms with Crippen LogP contribution in [0.2, 0.25) is 0 Å². The second-order valence-corrected chi connectivity index (χ2v) is 5.81. The molecule has 1 aliphatic rings. The first-order chi connectivity index (χ1) is 11.6. The first kappa shape index (κ1) is 19.6. The maximum atomic E-state index is 12.7. The molecule has 0 aromatic heterocycles. The van der Waals surface area contributed by atoms with Crippen molar-refractivity contribution in [1.82, 2.24) is 5.32 Å². The molecule has 1 heterocycles. The van der Waals surface area contributed by atoms with Crippen LogP contribution < -0.4 is 10.1 Å². The fourth-order valence-electron chi connectivity index (χ4n) is 2.58. The molecule has 140 valence electrons. The average Bonchev–Trinajstić information content (AvgIpc) is 3.04. The summed E-state index contributed by atoms with van der Waals surface area (Å²) >= 11 is 0. The lowest BCUT2D eigenvalue weighted by Crippen LogP contribution is -2.30. The first-order valence-electron chi connectivity index (χ1n) is 7.76. The first-order valence-corrected chi connectivity index (χ1v) is 7.76. The van der Waals surface area contributed by atoms with Crippen molar-refractivity contribution >= 4 is 5.78 Å². The van der Waals surface area contributed by atoms with Crippen LogP contribution in [0.3, 0.4) is 0 Å². The Balaban J connectivity index is 1.97. The lowest BCUT2D eigenvalue weighted by atomic mass is 10.1. The largest absolute Gasteiger partial charge is 0.494 e. The van der Waals surface area contributed by atoms with Gasteiger partial charge in [-0.05, 0) is 44.0 Å². The predicted octanol–water partition coefficient (Wildman–Crippen LogP) is 4.20. The molecule has 1 aromatic rings. The molecule has 0 radical (unpaired) electrons. The average molecular weight is 369 g/mol. The highest BCUT2D eigenvalue weighted by Crippen LogP contribution is 2.38. The van der Waals surface area contributed by atoms with E-state index >= 15 is 0 Å². The highest BCUT2D eigenvalue weighted by atomic mass is 19.4. The van der Waals surface area contributed by atoms with Gasteiger partial charge in [0.15, 0.2) is 0 Å². The summed E-state index contributed by atoms with van der Waals surface area (Å²) in [5, 5.41) is 3.02. The number of benzene rings is 1. The van der Waals surface area contributed by atoms with Crippen molar-refractivity contribution in [3.8, 4) is 5.75 Å². The number of nitrogens with one attached hydrogen (secondary N) is 1. The molecule has 1 N–H and O–H groups in total. The minimum Gasteiger partial charge on any atom is -0.494 e. The zero-order chi connectivity index (χ0) is 18.7. The number of alkyl halides is 6. The van der Waals surface area contributed by atoms with E-state index in [2.05, 4.69) is 5.32 Å². The zero-order valence-corrected chi connectivity index (χ0v) is 13.1. The Bertz CT molecular complexity index is 573. The van der Waals surface area contributed by atoms with Crippen molar-refractivity contribution in [2.45, 2.75) is 44.1 Å². The summed E-state index contributed by atoms with van der Waals surface area (Å²) < 4.78 is 81.4. The van der Waals surface area contributed by atoms with Gasteiger partial charge in [-0.3, -0.25) is 4.79 Å². The minimum absolute atomic E-state index is 0.0267. The summed E-state index contributed by atoms with van der Waals surface area (Å²) in [4.78, 5) is 11.8. The van der Waals surface area contributed by atoms with Gasteiger partial charge in [-0.15, -0.1) is 0 Å². The summed E-state index contributed by atoms with van der Waals surface area (Å²) in [5.41, 5.74) is -2.85. The van der Waals surface area contributed by atoms with Crippen LogP contribution in [0.5, 0.6) is 5.75 Å². The van der Waals surface area contributed by atoms with Crippen LogP contribution in [0.4, 0.5) is 26.3 Å². The van der Waals surface area contributed by atoms with E-state index in [4.69, 9.17) is 4.74 Å². The molecule has 0 aliphatic carbocycles. The molecule has 1 fully saturated rings. The highest BCUT2D eigenvalue weighted by Gasteiger charge is 2.37. The molecule has 0 unspecified atom stereocenters. The third kappa shape index (κ3) is 5.62. The molecule has 0 saturated carbocycles. The highest BCUT2D eigenvalue weighted by molar-refractivity contribution is 5.84. The molecule has 0 amide bonds. The van der Waals surface area contributed by atoms with Crippen LogP contribution >= 0.6 is 0 Å². The van der Waals surface area contributed by atoms with Gasteiger partial charge in [0.05, 0.1) is 23.8 Å². The van der Waals surface area contributed by atoms with Gasteiger partial charge in [0.1, 0.15) is 11.5 Å². The summed E-state index contributed by atoms with van der Waals surface area (Å²) in [6, 6.07) is 0.873. The van der Waals surface area contributed by atoms with E-state index in [0.29, 0.717) is 12.1 Å². The maximum Gasteiger partial charge on any atom is 0.416 e. The van der Waals surface area contributed by atoms with Gasteiger partial charge >= 0.3 is 12.4 Å². The van der Waals surface area contributed by atoms with E-state index in [1.54, 1.807) is 0 Å². The Morgan fingerprint density at radius 1 is 1.08 bits per heavy atom. The Kier molecular flexibility index (Phi) is 5.97. The smallest absolute Gasteiger partial charge is 0.416 e. The Morgan fingerprint density at radius 2 is 1.68 bits per heavy atom. The molecule has 0 spiro atoms. The van der Waals surface area contributed by atoms with Crippen molar-refractivity contribution in [3.63, 3.8) is 0 Å². The van der Waals surface area contributed by atoms with E-state index in [1.807, 2.05) is 0 Å². The van der Waals surface area contributed by atoms with Crippen molar-refractivity contribution in [1.29, 1.82) is 0 Å². The Labute approximate surface area is 140 Å². The number of ketones is 1. The molecule has 9 heteroatoms. The standard InChI is InChI=1S/C16H17F6NO2/c17-15(18,19)10-7-11(16(20,21)22)9-12(8-10)25-6-2-4-14(24)13-3-1-5-23-13/h7-9,13,23H,1-6H2/t13-/m1/s1. The maximum absolute atomic E-state index is 12.7. The number of halogens is 6. The summed E-state index contributed by atoms with van der Waals surface area (Å²) in [7, 11) is 0. The lowest BCUT2D eigenvalue weighted by molar-refractivity contribution is -0.143. The molecular weight excluding hydrogens is 352 g/mol. The van der Waals surface area contributed by atoms with E-state index in [0.717, 1.165) is 19.4 Å². The zero-order valence-electron chi connectivity index (χ0n) is 13.1. The monoisotopic (exact) mass is 369 g/mol. The summed E-state index contributed by atoms with van der Waals surface area (Å²) in [5.74, 6) is -0.547. The van der Waals surface area contributed by atoms with Crippen molar-refractivity contribution in [2.75, 3.05) is 13.2 Å². The lowest BCUT2D eigenvalue weighted by Gasteiger charge is -2.15. The van der Waals surface area contributed by atoms with Crippen molar-refractivity contribution in [3.05, 3.63) is 29.3 Å². The third-order valence-electron chi connectivity index (χ3n) is 3.85. The van der Waals surface area contributed by atoms with Gasteiger partial charge in [0.25, 0.3) is 0 Å². The topological polar surface area (TPSA) is 38.3 Å². The molecule has 25 heavy (non-hydrogen) atoms. The molecule has 2 rings (SSSR count). The minimum atomic E-state index is -4.91. The molecule has 1 atom stereocenters. The van der Waals surface area contributed by atoms with Gasteiger partial charge in [0, 0.05) is 6.42 Å². The number of ether oxygens (including phenoxy) is 1. The predicted molar refractivity (Wildman–Crippen MR) is 77.2 cm³/mol. The van der Waals surface area contributed by atoms with Crippen LogP contribution in [-0.2, 0) is 17.1 Å². The van der Waals surface area contributed by atoms with Crippen LogP contribution in [0.15, 0.2) is 18.2 Å². The van der Waals surface area contributed by atoms with E-state index in [9.17, 15) is 31.1 Å². The van der Waals surface area contributed by atoms with Gasteiger partial charge in [0.2, 0.25) is 0 Å². The number of hydrogen-bond donors (Lipinski definition) is 1. The second kappa shape index (κ2) is 7.63. The molecule has 0 bridgehead atoms. The number of carbonyl (C=O) groups is 1. The Morgan fingerprint density at radius 3 is 2.16 bits per heavy atom. The number of Topliss-reactive ketones (excluding diaryl/α,β-unsaturated/α-hetero) is 1. The fraction of sp³-hybridized carbons (Fsp3) is 0.562. The third-order valence-corrected chi connectivity index (χ3v) is 3.85. The second-order valence-electron chi connectivity index (χ2n) is 5.81. The van der Waals surface area contributed by atoms with Crippen molar-refractivity contribution < 1.29 is 35.9 Å². The van der Waals surface area contributed by atoms with Crippen LogP contribution in [-0.4, -0.2) is 25.0 Å². The van der Waals surface area contributed by atoms with Gasteiger partial charge in [-0.25, -0.2) is 0 Å². The van der Waals surface area contributed by atoms with Crippen LogP contribution in [0.25, 0.3) is 0 Å². The van der Waals surface area contributed by atoms with E-state index < -0.39 is 29.2 Å². The summed E-state index contributed by atoms with van der Waals surface area (Å²) in [6.07, 6.45) is -7.82. The van der Waals surface area contributed by atoms with E-state index in [1.165, 1.54) is 0 Å². The van der Waals surface area contributed by atoms with E-state index in [-0.39, 0.29) is 37.3 Å². The van der Waals surface area contributed by atoms with Crippen molar-refractivity contribution in [2.24, 2.45) is 0 Å².